The van der Waals surface area contributed by atoms with Crippen LogP contribution in [0.25, 0.3) is 16.9 Å². The van der Waals surface area contributed by atoms with E-state index >= 15 is 0 Å². The molecular weight excluding hydrogens is 439 g/mol. The maximum Gasteiger partial charge on any atom is 0.165 e. The second kappa shape index (κ2) is 14.1. The van der Waals surface area contributed by atoms with E-state index in [2.05, 4.69) is 109 Å². The van der Waals surface area contributed by atoms with Crippen LogP contribution in [-0.4, -0.2) is 48.4 Å². The highest BCUT2D eigenvalue weighted by Gasteiger charge is 2.12. The lowest BCUT2D eigenvalue weighted by molar-refractivity contribution is 0.813. The molecule has 1 unspecified atom stereocenters. The first-order chi connectivity index (χ1) is 16.6. The van der Waals surface area contributed by atoms with Crippen LogP contribution in [0.2, 0.25) is 0 Å². The van der Waals surface area contributed by atoms with Crippen molar-refractivity contribution in [3.63, 3.8) is 0 Å². The van der Waals surface area contributed by atoms with Gasteiger partial charge >= 0.3 is 0 Å². The Labute approximate surface area is 205 Å². The third-order valence-electron chi connectivity index (χ3n) is 5.18. The molecule has 0 bridgehead atoms. The Morgan fingerprint density at radius 3 is 2.29 bits per heavy atom. The Balaban J connectivity index is 0.000000311. The van der Waals surface area contributed by atoms with E-state index in [9.17, 15) is 0 Å². The molecule has 0 aliphatic heterocycles. The molecule has 2 aromatic carbocycles. The van der Waals surface area contributed by atoms with Crippen molar-refractivity contribution in [3.8, 4) is 11.3 Å². The van der Waals surface area contributed by atoms with E-state index in [4.69, 9.17) is 4.98 Å². The number of benzene rings is 2. The zero-order valence-electron chi connectivity index (χ0n) is 20.9. The Bertz CT molecular complexity index is 1150. The molecule has 4 rings (SSSR count). The first kappa shape index (κ1) is 27.0. The molecule has 0 spiro atoms. The Kier molecular flexibility index (Phi) is 11.2. The first-order valence-electron chi connectivity index (χ1n) is 11.3. The number of nitrogens with one attached hydrogen (secondary N) is 3. The summed E-state index contributed by atoms with van der Waals surface area (Å²) in [6, 6.07) is 18.7. The molecule has 6 nitrogen and oxygen atoms in total. The van der Waals surface area contributed by atoms with Crippen molar-refractivity contribution < 1.29 is 0 Å². The molecule has 0 saturated carbocycles. The van der Waals surface area contributed by atoms with Crippen LogP contribution in [0.15, 0.2) is 74.0 Å². The molecule has 0 aliphatic rings. The van der Waals surface area contributed by atoms with Gasteiger partial charge in [-0.05, 0) is 45.3 Å². The van der Waals surface area contributed by atoms with Crippen molar-refractivity contribution in [3.05, 3.63) is 85.1 Å². The van der Waals surface area contributed by atoms with Crippen molar-refractivity contribution >= 4 is 31.0 Å². The Morgan fingerprint density at radius 2 is 1.68 bits per heavy atom. The lowest BCUT2D eigenvalue weighted by Gasteiger charge is -2.12. The largest absolute Gasteiger partial charge is 0.388 e. The molecular formula is C27H37N6P. The topological polar surface area (TPSA) is 66.3 Å². The highest BCUT2D eigenvalue weighted by atomic mass is 31.1. The molecule has 7 heteroatoms. The van der Waals surface area contributed by atoms with Gasteiger partial charge in [0.25, 0.3) is 0 Å². The van der Waals surface area contributed by atoms with Crippen molar-refractivity contribution in [2.75, 3.05) is 44.5 Å². The summed E-state index contributed by atoms with van der Waals surface area (Å²) in [5.74, 6) is 0.980. The average molecular weight is 477 g/mol. The SMILES string of the molecule is C=C.CNCCNc1cc(-c2ccccc2C)nc2c(PC)cnn12.CNc1ccc(C)cc1. The van der Waals surface area contributed by atoms with Gasteiger partial charge in [0, 0.05) is 42.8 Å². The van der Waals surface area contributed by atoms with Crippen molar-refractivity contribution in [2.45, 2.75) is 13.8 Å². The van der Waals surface area contributed by atoms with E-state index in [0.717, 1.165) is 30.2 Å². The quantitative estimate of drug-likeness (QED) is 0.197. The van der Waals surface area contributed by atoms with Gasteiger partial charge in [-0.15, -0.1) is 13.2 Å². The van der Waals surface area contributed by atoms with Gasteiger partial charge in [-0.1, -0.05) is 50.5 Å². The van der Waals surface area contributed by atoms with E-state index in [1.54, 1.807) is 0 Å². The fourth-order valence-corrected chi connectivity index (χ4v) is 3.87. The number of aryl methyl sites for hydroxylation is 2. The van der Waals surface area contributed by atoms with Crippen LogP contribution < -0.4 is 21.3 Å². The van der Waals surface area contributed by atoms with E-state index in [0.29, 0.717) is 8.58 Å². The summed E-state index contributed by atoms with van der Waals surface area (Å²) in [5.41, 5.74) is 6.79. The zero-order valence-corrected chi connectivity index (χ0v) is 21.9. The summed E-state index contributed by atoms with van der Waals surface area (Å²) in [4.78, 5) is 4.88. The van der Waals surface area contributed by atoms with Gasteiger partial charge in [0.15, 0.2) is 5.65 Å². The standard InChI is InChI=1S/C17H22N5P.C8H11N.C2H4/c1-12-6-4-5-7-13(12)14-10-16(19-9-8-18-2)22-17(21-14)15(23-3)11-20-22;1-7-3-5-8(9-2)6-4-7;1-2/h4-7,10-11,18-19,23H,8-9H2,1-3H3;3-6,9H,1-2H3;1-2H2. The molecule has 4 aromatic rings. The minimum atomic E-state index is 0.672. The number of hydrogen-bond acceptors (Lipinski definition) is 5. The molecule has 0 aliphatic carbocycles. The van der Waals surface area contributed by atoms with Gasteiger partial charge in [0.2, 0.25) is 0 Å². The molecule has 180 valence electrons. The minimum absolute atomic E-state index is 0.672. The van der Waals surface area contributed by atoms with E-state index in [1.807, 2.05) is 24.8 Å². The van der Waals surface area contributed by atoms with E-state index < -0.39 is 0 Å². The van der Waals surface area contributed by atoms with Crippen LogP contribution in [0, 0.1) is 13.8 Å². The van der Waals surface area contributed by atoms with Crippen LogP contribution in [0.5, 0.6) is 0 Å². The normalized spacial score (nSPS) is 10.4. The van der Waals surface area contributed by atoms with Crippen molar-refractivity contribution in [2.24, 2.45) is 0 Å². The molecule has 34 heavy (non-hydrogen) atoms. The monoisotopic (exact) mass is 476 g/mol. The third-order valence-corrected chi connectivity index (χ3v) is 6.07. The number of likely N-dealkylation sites (N-methyl/N-ethyl adjacent to an activating group) is 1. The zero-order chi connectivity index (χ0) is 24.9. The van der Waals surface area contributed by atoms with E-state index in [1.165, 1.54) is 27.7 Å². The average Bonchev–Trinajstić information content (AvgIpc) is 3.30. The third kappa shape index (κ3) is 7.14. The van der Waals surface area contributed by atoms with Gasteiger partial charge < -0.3 is 16.0 Å². The van der Waals surface area contributed by atoms with Crippen LogP contribution in [0.1, 0.15) is 11.1 Å². The molecule has 0 amide bonds. The molecule has 0 saturated heterocycles. The fraction of sp³-hybridized carbons (Fsp3) is 0.259. The summed E-state index contributed by atoms with van der Waals surface area (Å²) in [6.45, 7) is 14.1. The van der Waals surface area contributed by atoms with Gasteiger partial charge in [-0.3, -0.25) is 0 Å². The van der Waals surface area contributed by atoms with Gasteiger partial charge in [0.05, 0.1) is 11.9 Å². The van der Waals surface area contributed by atoms with Gasteiger partial charge in [0.1, 0.15) is 5.82 Å². The molecule has 1 atom stereocenters. The fourth-order valence-electron chi connectivity index (χ4n) is 3.30. The predicted molar refractivity (Wildman–Crippen MR) is 151 cm³/mol. The van der Waals surface area contributed by atoms with Gasteiger partial charge in [-0.25, -0.2) is 4.98 Å². The predicted octanol–water partition coefficient (Wildman–Crippen LogP) is 5.11. The number of aromatic nitrogens is 3. The molecule has 0 fully saturated rings. The molecule has 3 N–H and O–H groups in total. The lowest BCUT2D eigenvalue weighted by Crippen LogP contribution is -2.19. The second-order valence-corrected chi connectivity index (χ2v) is 8.57. The van der Waals surface area contributed by atoms with E-state index in [-0.39, 0.29) is 0 Å². The van der Waals surface area contributed by atoms with Crippen LogP contribution >= 0.6 is 8.58 Å². The lowest BCUT2D eigenvalue weighted by atomic mass is 10.1. The van der Waals surface area contributed by atoms with Crippen LogP contribution in [-0.2, 0) is 0 Å². The minimum Gasteiger partial charge on any atom is -0.388 e. The smallest absolute Gasteiger partial charge is 0.165 e. The first-order valence-corrected chi connectivity index (χ1v) is 12.8. The highest BCUT2D eigenvalue weighted by molar-refractivity contribution is 7.46. The summed E-state index contributed by atoms with van der Waals surface area (Å²) in [7, 11) is 4.54. The van der Waals surface area contributed by atoms with Crippen molar-refractivity contribution in [1.82, 2.24) is 19.9 Å². The number of nitrogens with zero attached hydrogens (tertiary/aromatic N) is 3. The highest BCUT2D eigenvalue weighted by Crippen LogP contribution is 2.25. The number of anilines is 2. The van der Waals surface area contributed by atoms with Crippen LogP contribution in [0.3, 0.4) is 0 Å². The second-order valence-electron chi connectivity index (χ2n) is 7.53. The molecule has 0 radical (unpaired) electrons. The summed E-state index contributed by atoms with van der Waals surface area (Å²) in [6.07, 6.45) is 1.92. The summed E-state index contributed by atoms with van der Waals surface area (Å²) < 4.78 is 1.91. The number of fused-ring (bicyclic) bond motifs is 1. The number of hydrogen-bond donors (Lipinski definition) is 3. The Hall–Kier alpha value is -3.21. The summed E-state index contributed by atoms with van der Waals surface area (Å²) >= 11 is 0. The van der Waals surface area contributed by atoms with Gasteiger partial charge in [-0.2, -0.15) is 9.61 Å². The maximum atomic E-state index is 4.88. The number of rotatable bonds is 7. The molecule has 2 aromatic heterocycles. The maximum absolute atomic E-state index is 4.88. The Morgan fingerprint density at radius 1 is 0.971 bits per heavy atom. The summed E-state index contributed by atoms with van der Waals surface area (Å²) in [5, 5.41) is 15.4. The molecule has 2 heterocycles. The van der Waals surface area contributed by atoms with Crippen LogP contribution in [0.4, 0.5) is 11.5 Å². The van der Waals surface area contributed by atoms with Crippen molar-refractivity contribution in [1.29, 1.82) is 0 Å².